The maximum atomic E-state index is 12.7. The van der Waals surface area contributed by atoms with Crippen molar-refractivity contribution < 1.29 is 45.3 Å². The largest absolute Gasteiger partial charge is 0.444 e. The van der Waals surface area contributed by atoms with Crippen molar-refractivity contribution in [2.75, 3.05) is 90.3 Å². The van der Waals surface area contributed by atoms with Gasteiger partial charge in [0.1, 0.15) is 5.60 Å². The molecule has 10 nitrogen and oxygen atoms in total. The summed E-state index contributed by atoms with van der Waals surface area (Å²) in [6.07, 6.45) is -9.07. The van der Waals surface area contributed by atoms with Gasteiger partial charge in [-0.2, -0.15) is 26.3 Å². The van der Waals surface area contributed by atoms with Crippen molar-refractivity contribution in [3.63, 3.8) is 0 Å². The summed E-state index contributed by atoms with van der Waals surface area (Å²) in [5.41, 5.74) is 11.2. The smallest absolute Gasteiger partial charge is 0.416 e. The first-order valence-corrected chi connectivity index (χ1v) is 18.0. The molecule has 5 N–H and O–H groups in total. The minimum absolute atomic E-state index is 0.129. The third-order valence-electron chi connectivity index (χ3n) is 7.78. The highest BCUT2D eigenvalue weighted by molar-refractivity contribution is 5.68. The minimum atomic E-state index is -4.40. The molecule has 0 saturated carbocycles. The molecule has 53 heavy (non-hydrogen) atoms. The zero-order chi connectivity index (χ0) is 40.2. The highest BCUT2D eigenvalue weighted by Crippen LogP contribution is 2.33. The fourth-order valence-corrected chi connectivity index (χ4v) is 5.00. The summed E-state index contributed by atoms with van der Waals surface area (Å²) in [5.74, 6) is 0. The zero-order valence-corrected chi connectivity index (χ0v) is 32.3. The molecule has 2 fully saturated rings. The van der Waals surface area contributed by atoms with Gasteiger partial charge in [0.2, 0.25) is 0 Å². The molecule has 4 rings (SSSR count). The second kappa shape index (κ2) is 23.5. The molecule has 0 aliphatic carbocycles. The van der Waals surface area contributed by atoms with Crippen LogP contribution in [0.2, 0.25) is 0 Å². The number of amides is 1. The van der Waals surface area contributed by atoms with Crippen molar-refractivity contribution in [2.45, 2.75) is 79.5 Å². The van der Waals surface area contributed by atoms with E-state index in [-0.39, 0.29) is 17.5 Å². The maximum absolute atomic E-state index is 12.7. The number of halogens is 6. The number of hydrogen-bond acceptors (Lipinski definition) is 9. The van der Waals surface area contributed by atoms with Gasteiger partial charge in [-0.25, -0.2) is 4.79 Å². The van der Waals surface area contributed by atoms with Crippen LogP contribution >= 0.6 is 0 Å². The fourth-order valence-electron chi connectivity index (χ4n) is 5.00. The van der Waals surface area contributed by atoms with Crippen LogP contribution in [-0.4, -0.2) is 105 Å². The summed E-state index contributed by atoms with van der Waals surface area (Å²) < 4.78 is 90.5. The van der Waals surface area contributed by atoms with Crippen molar-refractivity contribution in [1.29, 1.82) is 0 Å². The Labute approximate surface area is 311 Å². The summed E-state index contributed by atoms with van der Waals surface area (Å²) in [4.78, 5) is 17.9. The number of nitrogens with two attached hydrogens (primary N) is 2. The first kappa shape index (κ1) is 47.7. The van der Waals surface area contributed by atoms with Gasteiger partial charge in [0.15, 0.2) is 0 Å². The number of anilines is 2. The summed E-state index contributed by atoms with van der Waals surface area (Å²) in [6.45, 7) is 23.7. The van der Waals surface area contributed by atoms with E-state index in [4.69, 9.17) is 25.7 Å². The van der Waals surface area contributed by atoms with E-state index in [0.717, 1.165) is 82.4 Å². The third-order valence-corrected chi connectivity index (χ3v) is 7.78. The SMILES string of the molecule is CC(C)(C)OC(=O)N1CCN(Cc2ccc(C(F)(F)F)cc2N)CC1.CCOCC.CCOCC.Nc1cc(C(F)(F)F)ccc1CN1CCNCC1. The van der Waals surface area contributed by atoms with Crippen LogP contribution in [0.25, 0.3) is 0 Å². The molecule has 2 aromatic carbocycles. The minimum Gasteiger partial charge on any atom is -0.444 e. The normalized spacial score (nSPS) is 15.6. The average molecular weight is 767 g/mol. The van der Waals surface area contributed by atoms with E-state index in [2.05, 4.69) is 15.1 Å². The Bertz CT molecular complexity index is 1320. The lowest BCUT2D eigenvalue weighted by molar-refractivity contribution is -0.138. The Balaban J connectivity index is 0.000000434. The molecule has 2 heterocycles. The predicted octanol–water partition coefficient (Wildman–Crippen LogP) is 7.12. The molecule has 1 amide bonds. The topological polar surface area (TPSA) is 119 Å². The molecule has 0 atom stereocenters. The first-order chi connectivity index (χ1) is 24.7. The van der Waals surface area contributed by atoms with Gasteiger partial charge in [-0.3, -0.25) is 9.80 Å². The molecular weight excluding hydrogens is 706 g/mol. The monoisotopic (exact) mass is 766 g/mol. The lowest BCUT2D eigenvalue weighted by Gasteiger charge is -2.35. The van der Waals surface area contributed by atoms with Gasteiger partial charge in [-0.1, -0.05) is 12.1 Å². The van der Waals surface area contributed by atoms with E-state index >= 15 is 0 Å². The van der Waals surface area contributed by atoms with Crippen molar-refractivity contribution in [2.24, 2.45) is 0 Å². The Kier molecular flexibility index (Phi) is 21.1. The number of nitrogens with zero attached hydrogens (tertiary/aromatic N) is 3. The highest BCUT2D eigenvalue weighted by atomic mass is 19.4. The van der Waals surface area contributed by atoms with Crippen LogP contribution < -0.4 is 16.8 Å². The standard InChI is InChI=1S/C17H24F3N3O2.C12H16F3N3.2C4H10O/c1-16(2,3)25-15(24)23-8-6-22(7-9-23)11-12-4-5-13(10-14(12)21)17(18,19)20;13-12(14,15)10-2-1-9(11(16)7-10)8-18-5-3-17-4-6-18;2*1-3-5-4-2/h4-5,10H,6-9,11,21H2,1-3H3;1-2,7,17H,3-6,8,16H2;2*3-4H2,1-2H3. The number of hydrogen-bond donors (Lipinski definition) is 3. The lowest BCUT2D eigenvalue weighted by atomic mass is 10.1. The highest BCUT2D eigenvalue weighted by Gasteiger charge is 2.32. The molecule has 2 aromatic rings. The number of nitrogen functional groups attached to an aromatic ring is 2. The van der Waals surface area contributed by atoms with E-state index in [9.17, 15) is 31.1 Å². The van der Waals surface area contributed by atoms with Crippen LogP contribution in [0.3, 0.4) is 0 Å². The Hall–Kier alpha value is -3.31. The lowest BCUT2D eigenvalue weighted by Crippen LogP contribution is -2.49. The van der Waals surface area contributed by atoms with Gasteiger partial charge in [0, 0.05) is 103 Å². The van der Waals surface area contributed by atoms with E-state index in [0.29, 0.717) is 44.8 Å². The molecular formula is C37H60F6N6O4. The number of benzene rings is 2. The second-order valence-electron chi connectivity index (χ2n) is 13.2. The van der Waals surface area contributed by atoms with Crippen LogP contribution in [0.1, 0.15) is 70.7 Å². The second-order valence-corrected chi connectivity index (χ2v) is 13.2. The van der Waals surface area contributed by atoms with Crippen molar-refractivity contribution in [3.05, 3.63) is 58.7 Å². The number of nitrogens with one attached hydrogen (secondary N) is 1. The number of alkyl halides is 6. The van der Waals surface area contributed by atoms with Gasteiger partial charge in [-0.15, -0.1) is 0 Å². The molecule has 0 unspecified atom stereocenters. The van der Waals surface area contributed by atoms with Gasteiger partial charge in [-0.05, 0) is 83.9 Å². The number of carbonyl (C=O) groups is 1. The zero-order valence-electron chi connectivity index (χ0n) is 32.3. The van der Waals surface area contributed by atoms with Gasteiger partial charge >= 0.3 is 18.4 Å². The summed E-state index contributed by atoms with van der Waals surface area (Å²) in [5, 5.41) is 3.22. The number of ether oxygens (including phenoxy) is 3. The van der Waals surface area contributed by atoms with Gasteiger partial charge < -0.3 is 35.9 Å². The number of carbonyl (C=O) groups excluding carboxylic acids is 1. The Morgan fingerprint density at radius 3 is 1.34 bits per heavy atom. The molecule has 2 saturated heterocycles. The van der Waals surface area contributed by atoms with Crippen LogP contribution in [0.5, 0.6) is 0 Å². The number of rotatable bonds is 8. The Morgan fingerprint density at radius 1 is 0.660 bits per heavy atom. The maximum Gasteiger partial charge on any atom is 0.416 e. The van der Waals surface area contributed by atoms with Crippen molar-refractivity contribution in [3.8, 4) is 0 Å². The van der Waals surface area contributed by atoms with E-state index in [1.165, 1.54) is 12.1 Å². The van der Waals surface area contributed by atoms with Crippen LogP contribution in [0, 0.1) is 0 Å². The number of piperazine rings is 2. The third kappa shape index (κ3) is 19.5. The molecule has 16 heteroatoms. The van der Waals surface area contributed by atoms with Crippen LogP contribution in [0.15, 0.2) is 36.4 Å². The van der Waals surface area contributed by atoms with Crippen molar-refractivity contribution >= 4 is 17.5 Å². The molecule has 0 aromatic heterocycles. The molecule has 0 bridgehead atoms. The predicted molar refractivity (Wildman–Crippen MR) is 197 cm³/mol. The molecule has 304 valence electrons. The van der Waals surface area contributed by atoms with Crippen LogP contribution in [0.4, 0.5) is 42.5 Å². The fraction of sp³-hybridized carbons (Fsp3) is 0.649. The first-order valence-electron chi connectivity index (χ1n) is 18.0. The van der Waals surface area contributed by atoms with Gasteiger partial charge in [0.25, 0.3) is 0 Å². The van der Waals surface area contributed by atoms with Crippen LogP contribution in [-0.2, 0) is 39.7 Å². The molecule has 2 aliphatic rings. The van der Waals surface area contributed by atoms with Crippen molar-refractivity contribution in [1.82, 2.24) is 20.0 Å². The van der Waals surface area contributed by atoms with E-state index in [1.807, 2.05) is 48.5 Å². The van der Waals surface area contributed by atoms with Gasteiger partial charge in [0.05, 0.1) is 11.1 Å². The average Bonchev–Trinajstić information content (AvgIpc) is 3.07. The summed E-state index contributed by atoms with van der Waals surface area (Å²) >= 11 is 0. The molecule has 0 spiro atoms. The van der Waals surface area contributed by atoms with E-state index < -0.39 is 29.1 Å². The van der Waals surface area contributed by atoms with E-state index in [1.54, 1.807) is 4.90 Å². The summed E-state index contributed by atoms with van der Waals surface area (Å²) in [7, 11) is 0. The molecule has 0 radical (unpaired) electrons. The molecule has 2 aliphatic heterocycles. The quantitative estimate of drug-likeness (QED) is 0.191. The summed E-state index contributed by atoms with van der Waals surface area (Å²) in [6, 6.07) is 7.00. The Morgan fingerprint density at radius 2 is 1.04 bits per heavy atom.